The number of hydrogen-bond acceptors (Lipinski definition) is 9. The molecule has 0 atom stereocenters. The maximum absolute atomic E-state index is 11.6. The average Bonchev–Trinajstić information content (AvgIpc) is 3.86. The lowest BCUT2D eigenvalue weighted by Crippen LogP contribution is -2.25. The Morgan fingerprint density at radius 2 is 0.602 bits per heavy atom. The highest BCUT2D eigenvalue weighted by molar-refractivity contribution is 6.10. The van der Waals surface area contributed by atoms with Crippen molar-refractivity contribution in [3.05, 3.63) is 247 Å². The molecule has 0 aliphatic rings. The predicted molar refractivity (Wildman–Crippen MR) is 327 cm³/mol. The molecule has 0 aliphatic heterocycles. The summed E-state index contributed by atoms with van der Waals surface area (Å²) in [7, 11) is 0. The maximum atomic E-state index is 11.6. The molecule has 0 saturated heterocycles. The first-order valence-electron chi connectivity index (χ1n) is 28.2. The Balaban J connectivity index is 0.710. The molecule has 15 nitrogen and oxygen atoms in total. The molecule has 3 heterocycles. The predicted octanol–water partition coefficient (Wildman–Crippen LogP) is 16.7. The molecule has 0 bridgehead atoms. The van der Waals surface area contributed by atoms with Gasteiger partial charge in [-0.1, -0.05) is 91.0 Å². The Morgan fingerprint density at radius 1 is 0.337 bits per heavy atom. The van der Waals surface area contributed by atoms with Crippen molar-refractivity contribution in [2.24, 2.45) is 0 Å². The highest BCUT2D eigenvalue weighted by atomic mass is 16.6. The molecule has 12 rings (SSSR count). The third kappa shape index (κ3) is 10.6. The summed E-state index contributed by atoms with van der Waals surface area (Å²) in [5.41, 5.74) is 9.01. The zero-order valence-corrected chi connectivity index (χ0v) is 45.9. The van der Waals surface area contributed by atoms with Gasteiger partial charge in [-0.05, 0) is 135 Å². The van der Waals surface area contributed by atoms with E-state index in [1.807, 2.05) is 109 Å². The zero-order chi connectivity index (χ0) is 57.0. The van der Waals surface area contributed by atoms with Crippen LogP contribution in [0.2, 0.25) is 0 Å². The Hall–Kier alpha value is -10.0. The molecule has 3 aromatic heterocycles. The third-order valence-electron chi connectivity index (χ3n) is 16.3. The first kappa shape index (κ1) is 53.6. The van der Waals surface area contributed by atoms with E-state index in [9.17, 15) is 30.3 Å². The number of nitro benzene ring substituents is 3. The van der Waals surface area contributed by atoms with Gasteiger partial charge < -0.3 is 27.9 Å². The second-order valence-corrected chi connectivity index (χ2v) is 21.2. The number of fused-ring (bicyclic) bond motifs is 9. The summed E-state index contributed by atoms with van der Waals surface area (Å²) >= 11 is 0. The molecule has 416 valence electrons. The number of non-ortho nitro benzene ring substituents is 3. The van der Waals surface area contributed by atoms with Gasteiger partial charge in [-0.15, -0.1) is 0 Å². The Morgan fingerprint density at radius 3 is 0.880 bits per heavy atom. The van der Waals surface area contributed by atoms with E-state index in [0.717, 1.165) is 158 Å². The minimum Gasteiger partial charge on any atom is -0.494 e. The molecule has 0 N–H and O–H groups in total. The number of rotatable bonds is 24. The largest absolute Gasteiger partial charge is 0.494 e. The fraction of sp³-hybridized carbons (Fsp3) is 0.206. The van der Waals surface area contributed by atoms with Crippen molar-refractivity contribution < 1.29 is 29.0 Å². The lowest BCUT2D eigenvalue weighted by Gasteiger charge is -2.32. The van der Waals surface area contributed by atoms with Crippen LogP contribution in [0, 0.1) is 30.3 Å². The molecule has 9 aromatic carbocycles. The lowest BCUT2D eigenvalue weighted by molar-refractivity contribution is -0.384. The smallest absolute Gasteiger partial charge is 0.270 e. The number of benzene rings is 9. The molecule has 0 spiro atoms. The third-order valence-corrected chi connectivity index (χ3v) is 16.3. The van der Waals surface area contributed by atoms with Crippen molar-refractivity contribution in [3.63, 3.8) is 0 Å². The number of ether oxygens (including phenoxy) is 3. The Kier molecular flexibility index (Phi) is 15.0. The van der Waals surface area contributed by atoms with Gasteiger partial charge in [0.2, 0.25) is 0 Å². The highest BCUT2D eigenvalue weighted by Crippen LogP contribution is 2.42. The van der Waals surface area contributed by atoms with Crippen LogP contribution in [0.1, 0.15) is 62.1 Å². The molecule has 12 aromatic rings. The van der Waals surface area contributed by atoms with E-state index < -0.39 is 5.41 Å². The summed E-state index contributed by atoms with van der Waals surface area (Å²) in [5.74, 6) is 2.33. The summed E-state index contributed by atoms with van der Waals surface area (Å²) in [5, 5.41) is 40.4. The van der Waals surface area contributed by atoms with Crippen LogP contribution >= 0.6 is 0 Å². The second kappa shape index (κ2) is 23.2. The number of nitro groups is 3. The van der Waals surface area contributed by atoms with Crippen LogP contribution in [0.25, 0.3) is 65.4 Å². The Labute approximate surface area is 477 Å². The van der Waals surface area contributed by atoms with Crippen LogP contribution in [-0.4, -0.2) is 48.3 Å². The van der Waals surface area contributed by atoms with Gasteiger partial charge in [-0.2, -0.15) is 0 Å². The van der Waals surface area contributed by atoms with Gasteiger partial charge >= 0.3 is 0 Å². The topological polar surface area (TPSA) is 172 Å². The molecule has 0 aliphatic carbocycles. The van der Waals surface area contributed by atoms with Gasteiger partial charge in [-0.25, -0.2) is 0 Å². The van der Waals surface area contributed by atoms with E-state index in [4.69, 9.17) is 14.2 Å². The quantitative estimate of drug-likeness (QED) is 0.0247. The number of aryl methyl sites for hydroxylation is 3. The van der Waals surface area contributed by atoms with Crippen LogP contribution in [-0.2, 0) is 25.0 Å². The molecule has 0 saturated carbocycles. The molecule has 0 fully saturated rings. The Bertz CT molecular complexity index is 3930. The van der Waals surface area contributed by atoms with Crippen molar-refractivity contribution in [3.8, 4) is 17.2 Å². The zero-order valence-electron chi connectivity index (χ0n) is 45.9. The number of hydrogen-bond donors (Lipinski definition) is 0. The summed E-state index contributed by atoms with van der Waals surface area (Å²) in [6.45, 7) is 6.07. The SMILES string of the molecule is CC(c1ccc(OCCCCn2c3ccccc3c3cc([N+](=O)[O-])ccc32)cc1)(c1ccc(OCCCCn2c3ccccc3c3cc([N+](=O)[O-])ccc32)cc1)c1ccc(OCCCCn2c3ccccc3c3cc([N+](=O)[O-])ccc32)cc1. The van der Waals surface area contributed by atoms with Crippen molar-refractivity contribution >= 4 is 82.5 Å². The van der Waals surface area contributed by atoms with E-state index in [2.05, 4.69) is 75.2 Å². The average molecular weight is 1110 g/mol. The molecule has 0 amide bonds. The van der Waals surface area contributed by atoms with Crippen molar-refractivity contribution in [1.29, 1.82) is 0 Å². The lowest BCUT2D eigenvalue weighted by atomic mass is 9.71. The fourth-order valence-electron chi connectivity index (χ4n) is 12.0. The minimum atomic E-state index is -0.580. The van der Waals surface area contributed by atoms with Crippen molar-refractivity contribution in [2.75, 3.05) is 19.8 Å². The minimum absolute atomic E-state index is 0.0835. The maximum Gasteiger partial charge on any atom is 0.270 e. The number of unbranched alkanes of at least 4 members (excludes halogenated alkanes) is 3. The summed E-state index contributed by atoms with van der Waals surface area (Å²) in [6, 6.07) is 64.5. The van der Waals surface area contributed by atoms with Gasteiger partial charge in [0.1, 0.15) is 17.2 Å². The van der Waals surface area contributed by atoms with Crippen LogP contribution < -0.4 is 14.2 Å². The normalized spacial score (nSPS) is 11.8. The van der Waals surface area contributed by atoms with Crippen LogP contribution in [0.5, 0.6) is 17.2 Å². The van der Waals surface area contributed by atoms with Gasteiger partial charge in [0.05, 0.1) is 34.6 Å². The van der Waals surface area contributed by atoms with E-state index >= 15 is 0 Å². The van der Waals surface area contributed by atoms with E-state index in [-0.39, 0.29) is 31.8 Å². The second-order valence-electron chi connectivity index (χ2n) is 21.2. The van der Waals surface area contributed by atoms with Crippen molar-refractivity contribution in [2.45, 2.75) is 70.5 Å². The molecule has 15 heteroatoms. The summed E-state index contributed by atoms with van der Waals surface area (Å²) < 4.78 is 25.7. The highest BCUT2D eigenvalue weighted by Gasteiger charge is 2.32. The van der Waals surface area contributed by atoms with Gasteiger partial charge in [0, 0.05) is 127 Å². The molecule has 0 unspecified atom stereocenters. The van der Waals surface area contributed by atoms with E-state index in [1.165, 1.54) is 0 Å². The molecular formula is C68H60N6O9. The monoisotopic (exact) mass is 1100 g/mol. The first-order valence-corrected chi connectivity index (χ1v) is 28.2. The first-order chi connectivity index (χ1) is 40.5. The number of nitrogens with zero attached hydrogens (tertiary/aromatic N) is 6. The standard InChI is InChI=1S/C68H60N6O9/c1-68(47-20-29-53(30-21-47)81-41-11-8-38-69-62-17-5-2-14-56(62)59-44-50(72(75)76)26-35-65(59)69,48-22-31-54(32-23-48)82-42-12-9-39-70-63-18-6-3-15-57(63)60-45-51(73(77)78)27-36-66(60)70)49-24-33-55(34-25-49)83-43-13-10-40-71-64-19-7-4-16-58(64)61-46-52(74(79)80)28-37-67(61)71/h2-7,14-37,44-46H,8-13,38-43H2,1H3. The molecule has 83 heavy (non-hydrogen) atoms. The van der Waals surface area contributed by atoms with Gasteiger partial charge in [0.25, 0.3) is 17.1 Å². The van der Waals surface area contributed by atoms with Crippen LogP contribution in [0.4, 0.5) is 17.1 Å². The van der Waals surface area contributed by atoms with Gasteiger partial charge in [-0.3, -0.25) is 30.3 Å². The van der Waals surface area contributed by atoms with E-state index in [1.54, 1.807) is 36.4 Å². The van der Waals surface area contributed by atoms with Crippen LogP contribution in [0.3, 0.4) is 0 Å². The van der Waals surface area contributed by atoms with Crippen LogP contribution in [0.15, 0.2) is 200 Å². The molecule has 0 radical (unpaired) electrons. The van der Waals surface area contributed by atoms with E-state index in [0.29, 0.717) is 19.8 Å². The summed E-state index contributed by atoms with van der Waals surface area (Å²) in [4.78, 5) is 33.7. The number of para-hydroxylation sites is 3. The van der Waals surface area contributed by atoms with Gasteiger partial charge in [0.15, 0.2) is 0 Å². The van der Waals surface area contributed by atoms with Crippen molar-refractivity contribution in [1.82, 2.24) is 13.7 Å². The number of aromatic nitrogens is 3. The molecular weight excluding hydrogens is 1040 g/mol. The fourth-order valence-corrected chi connectivity index (χ4v) is 12.0. The summed E-state index contributed by atoms with van der Waals surface area (Å²) in [6.07, 6.45) is 5.02.